The molecule has 0 fully saturated rings. The van der Waals surface area contributed by atoms with Gasteiger partial charge in [-0.3, -0.25) is 0 Å². The van der Waals surface area contributed by atoms with E-state index in [9.17, 15) is 4.79 Å². The highest BCUT2D eigenvalue weighted by atomic mass is 127. The summed E-state index contributed by atoms with van der Waals surface area (Å²) >= 11 is 2.18. The maximum absolute atomic E-state index is 10.1. The summed E-state index contributed by atoms with van der Waals surface area (Å²) in [5.74, 6) is -0.219. The van der Waals surface area contributed by atoms with Crippen molar-refractivity contribution in [2.45, 2.75) is 0 Å². The first-order valence-corrected chi connectivity index (χ1v) is 5.04. The number of ether oxygens (including phenoxy) is 1. The molecule has 4 heteroatoms. The Hall–Kier alpha value is -1.04. The molecule has 0 spiro atoms. The van der Waals surface area contributed by atoms with E-state index in [2.05, 4.69) is 22.6 Å². The lowest BCUT2D eigenvalue weighted by atomic mass is 10.3. The van der Waals surface area contributed by atoms with E-state index in [1.54, 1.807) is 0 Å². The van der Waals surface area contributed by atoms with Gasteiger partial charge in [0.25, 0.3) is 0 Å². The van der Waals surface area contributed by atoms with Crippen LogP contribution in [0.5, 0.6) is 5.75 Å². The van der Waals surface area contributed by atoms with Gasteiger partial charge in [-0.05, 0) is 46.9 Å². The van der Waals surface area contributed by atoms with Crippen molar-refractivity contribution in [1.29, 1.82) is 0 Å². The van der Waals surface area contributed by atoms with E-state index in [1.165, 1.54) is 6.08 Å². The third-order valence-electron chi connectivity index (χ3n) is 1.40. The van der Waals surface area contributed by atoms with E-state index < -0.39 is 5.97 Å². The molecule has 0 saturated carbocycles. The Morgan fingerprint density at radius 3 is 3.00 bits per heavy atom. The predicted molar refractivity (Wildman–Crippen MR) is 61.4 cm³/mol. The molecular weight excluding hydrogens is 295 g/mol. The van der Waals surface area contributed by atoms with Crippen LogP contribution in [0.4, 0.5) is 0 Å². The Kier molecular flexibility index (Phi) is 4.45. The van der Waals surface area contributed by atoms with E-state index in [4.69, 9.17) is 9.84 Å². The number of hydrogen-bond acceptors (Lipinski definition) is 2. The van der Waals surface area contributed by atoms with E-state index in [-0.39, 0.29) is 6.61 Å². The van der Waals surface area contributed by atoms with Crippen LogP contribution in [0.15, 0.2) is 36.4 Å². The fourth-order valence-corrected chi connectivity index (χ4v) is 1.36. The molecule has 0 bridgehead atoms. The predicted octanol–water partition coefficient (Wildman–Crippen LogP) is 2.31. The summed E-state index contributed by atoms with van der Waals surface area (Å²) in [6.45, 7) is 0.270. The van der Waals surface area contributed by atoms with Crippen molar-refractivity contribution >= 4 is 28.6 Å². The average Bonchev–Trinajstić information content (AvgIpc) is 2.12. The van der Waals surface area contributed by atoms with Crippen LogP contribution in [0.1, 0.15) is 0 Å². The van der Waals surface area contributed by atoms with Crippen molar-refractivity contribution in [1.82, 2.24) is 0 Å². The molecule has 1 N–H and O–H groups in total. The van der Waals surface area contributed by atoms with Gasteiger partial charge in [-0.25, -0.2) is 4.79 Å². The first kappa shape index (κ1) is 11.0. The largest absolute Gasteiger partial charge is 0.489 e. The highest BCUT2D eigenvalue weighted by molar-refractivity contribution is 14.1. The highest BCUT2D eigenvalue weighted by Crippen LogP contribution is 2.14. The summed E-state index contributed by atoms with van der Waals surface area (Å²) in [4.78, 5) is 10.1. The van der Waals surface area contributed by atoms with E-state index in [0.29, 0.717) is 0 Å². The molecule has 1 rings (SSSR count). The fourth-order valence-electron chi connectivity index (χ4n) is 0.850. The number of benzene rings is 1. The van der Waals surface area contributed by atoms with Gasteiger partial charge in [0.15, 0.2) is 0 Å². The van der Waals surface area contributed by atoms with E-state index >= 15 is 0 Å². The summed E-state index contributed by atoms with van der Waals surface area (Å²) in [7, 11) is 0. The number of aliphatic carboxylic acids is 1. The minimum atomic E-state index is -0.962. The molecule has 0 aliphatic carbocycles. The van der Waals surface area contributed by atoms with Crippen LogP contribution in [0.2, 0.25) is 0 Å². The number of hydrogen-bond donors (Lipinski definition) is 1. The maximum Gasteiger partial charge on any atom is 0.328 e. The molecule has 0 aliphatic rings. The molecule has 0 atom stereocenters. The van der Waals surface area contributed by atoms with Crippen LogP contribution in [-0.4, -0.2) is 17.7 Å². The van der Waals surface area contributed by atoms with Crippen molar-refractivity contribution in [3.05, 3.63) is 40.0 Å². The van der Waals surface area contributed by atoms with Crippen LogP contribution < -0.4 is 4.74 Å². The van der Waals surface area contributed by atoms with E-state index in [0.717, 1.165) is 15.4 Å². The molecule has 74 valence electrons. The number of carboxylic acids is 1. The molecule has 0 heterocycles. The third kappa shape index (κ3) is 4.27. The Labute approximate surface area is 95.5 Å². The summed E-state index contributed by atoms with van der Waals surface area (Å²) < 4.78 is 6.37. The summed E-state index contributed by atoms with van der Waals surface area (Å²) in [5, 5.41) is 8.31. The Morgan fingerprint density at radius 1 is 1.57 bits per heavy atom. The van der Waals surface area contributed by atoms with Gasteiger partial charge in [-0.15, -0.1) is 0 Å². The molecule has 0 aliphatic heterocycles. The molecule has 1 aromatic rings. The second-order valence-corrected chi connectivity index (χ2v) is 3.75. The van der Waals surface area contributed by atoms with Crippen molar-refractivity contribution in [2.75, 3.05) is 6.61 Å². The van der Waals surface area contributed by atoms with Gasteiger partial charge in [-0.2, -0.15) is 0 Å². The third-order valence-corrected chi connectivity index (χ3v) is 2.07. The average molecular weight is 304 g/mol. The number of carboxylic acid groups (broad SMARTS) is 1. The minimum Gasteiger partial charge on any atom is -0.489 e. The summed E-state index contributed by atoms with van der Waals surface area (Å²) in [5.41, 5.74) is 0. The zero-order chi connectivity index (χ0) is 10.4. The SMILES string of the molecule is O=C(O)C=CCOc1cccc(I)c1. The first-order chi connectivity index (χ1) is 6.68. The Balaban J connectivity index is 2.42. The molecule has 0 radical (unpaired) electrons. The fraction of sp³-hybridized carbons (Fsp3) is 0.100. The quantitative estimate of drug-likeness (QED) is 0.686. The van der Waals surface area contributed by atoms with Crippen LogP contribution in [-0.2, 0) is 4.79 Å². The molecule has 0 saturated heterocycles. The summed E-state index contributed by atoms with van der Waals surface area (Å²) in [6, 6.07) is 7.56. The zero-order valence-electron chi connectivity index (χ0n) is 7.31. The smallest absolute Gasteiger partial charge is 0.328 e. The molecule has 0 unspecified atom stereocenters. The van der Waals surface area contributed by atoms with Gasteiger partial charge in [0.1, 0.15) is 12.4 Å². The second-order valence-electron chi connectivity index (χ2n) is 2.51. The lowest BCUT2D eigenvalue weighted by Crippen LogP contribution is -1.95. The number of rotatable bonds is 4. The van der Waals surface area contributed by atoms with Gasteiger partial charge in [0, 0.05) is 9.65 Å². The van der Waals surface area contributed by atoms with Crippen LogP contribution in [0.3, 0.4) is 0 Å². The molecule has 0 amide bonds. The highest BCUT2D eigenvalue weighted by Gasteiger charge is 1.92. The lowest BCUT2D eigenvalue weighted by molar-refractivity contribution is -0.131. The molecule has 0 aromatic heterocycles. The zero-order valence-corrected chi connectivity index (χ0v) is 9.47. The monoisotopic (exact) mass is 304 g/mol. The van der Waals surface area contributed by atoms with Crippen molar-refractivity contribution < 1.29 is 14.6 Å². The van der Waals surface area contributed by atoms with Gasteiger partial charge in [-0.1, -0.05) is 6.07 Å². The minimum absolute atomic E-state index is 0.270. The van der Waals surface area contributed by atoms with Gasteiger partial charge >= 0.3 is 5.97 Å². The van der Waals surface area contributed by atoms with Crippen molar-refractivity contribution in [2.24, 2.45) is 0 Å². The first-order valence-electron chi connectivity index (χ1n) is 3.96. The lowest BCUT2D eigenvalue weighted by Gasteiger charge is -2.02. The standard InChI is InChI=1S/C10H9IO3/c11-8-3-1-4-9(7-8)14-6-2-5-10(12)13/h1-5,7H,6H2,(H,12,13). The Bertz CT molecular complexity index is 347. The van der Waals surface area contributed by atoms with Crippen LogP contribution >= 0.6 is 22.6 Å². The normalized spacial score (nSPS) is 10.4. The molecule has 1 aromatic carbocycles. The van der Waals surface area contributed by atoms with E-state index in [1.807, 2.05) is 24.3 Å². The van der Waals surface area contributed by atoms with Crippen LogP contribution in [0.25, 0.3) is 0 Å². The molecule has 3 nitrogen and oxygen atoms in total. The van der Waals surface area contributed by atoms with Crippen molar-refractivity contribution in [3.63, 3.8) is 0 Å². The van der Waals surface area contributed by atoms with Crippen LogP contribution in [0, 0.1) is 3.57 Å². The maximum atomic E-state index is 10.1. The summed E-state index contributed by atoms with van der Waals surface area (Å²) in [6.07, 6.45) is 2.52. The molecular formula is C10H9IO3. The van der Waals surface area contributed by atoms with Gasteiger partial charge in [0.05, 0.1) is 0 Å². The molecule has 14 heavy (non-hydrogen) atoms. The topological polar surface area (TPSA) is 46.5 Å². The second kappa shape index (κ2) is 5.64. The van der Waals surface area contributed by atoms with Crippen molar-refractivity contribution in [3.8, 4) is 5.75 Å². The number of halogens is 1. The Morgan fingerprint density at radius 2 is 2.36 bits per heavy atom. The van der Waals surface area contributed by atoms with Gasteiger partial charge in [0.2, 0.25) is 0 Å². The number of carbonyl (C=O) groups is 1. The van der Waals surface area contributed by atoms with Gasteiger partial charge < -0.3 is 9.84 Å².